The third-order valence-electron chi connectivity index (χ3n) is 3.67. The van der Waals surface area contributed by atoms with Crippen molar-refractivity contribution in [1.29, 1.82) is 0 Å². The summed E-state index contributed by atoms with van der Waals surface area (Å²) in [7, 11) is 1.81. The van der Waals surface area contributed by atoms with Crippen molar-refractivity contribution in [2.75, 3.05) is 0 Å². The summed E-state index contributed by atoms with van der Waals surface area (Å²) in [5.74, 6) is -1.91. The summed E-state index contributed by atoms with van der Waals surface area (Å²) in [5.41, 5.74) is 1.76. The van der Waals surface area contributed by atoms with Crippen LogP contribution in [0.25, 0.3) is 0 Å². The van der Waals surface area contributed by atoms with Gasteiger partial charge in [0, 0.05) is 37.9 Å². The highest BCUT2D eigenvalue weighted by Crippen LogP contribution is 2.32. The third kappa shape index (κ3) is 2.50. The molecule has 1 aliphatic carbocycles. The van der Waals surface area contributed by atoms with Crippen LogP contribution in [0.3, 0.4) is 0 Å². The maximum absolute atomic E-state index is 12.0. The number of aromatic nitrogens is 2. The normalized spacial score (nSPS) is 23.7. The Morgan fingerprint density at radius 1 is 1.37 bits per heavy atom. The van der Waals surface area contributed by atoms with Crippen LogP contribution >= 0.6 is 0 Å². The smallest absolute Gasteiger partial charge is 0.151 e. The molecule has 1 heterocycles. The number of hydrogen-bond acceptors (Lipinski definition) is 4. The predicted molar refractivity (Wildman–Crippen MR) is 68.7 cm³/mol. The minimum atomic E-state index is -1.02. The zero-order valence-electron chi connectivity index (χ0n) is 11.5. The minimum absolute atomic E-state index is 0.146. The number of carbonyl (C=O) groups excluding carboxylic acids is 3. The maximum atomic E-state index is 12.0. The fraction of sp³-hybridized carbons (Fsp3) is 0.571. The predicted octanol–water partition coefficient (Wildman–Crippen LogP) is 1.34. The van der Waals surface area contributed by atoms with Gasteiger partial charge in [0.05, 0.1) is 5.69 Å². The van der Waals surface area contributed by atoms with Gasteiger partial charge < -0.3 is 0 Å². The summed E-state index contributed by atoms with van der Waals surface area (Å²) in [6.07, 6.45) is 0.736. The van der Waals surface area contributed by atoms with Crippen molar-refractivity contribution in [3.8, 4) is 0 Å². The van der Waals surface area contributed by atoms with Gasteiger partial charge in [-0.3, -0.25) is 19.1 Å². The molecule has 102 valence electrons. The van der Waals surface area contributed by atoms with E-state index in [9.17, 15) is 14.4 Å². The topological polar surface area (TPSA) is 69.0 Å². The van der Waals surface area contributed by atoms with Gasteiger partial charge in [0.15, 0.2) is 17.3 Å². The van der Waals surface area contributed by atoms with Crippen molar-refractivity contribution in [3.05, 3.63) is 17.5 Å². The standard InChI is InChI=1S/C14H18N2O3/c1-4-11(17)14-12(18)6-9(7-13(14)19)10-5-8(2)15-16(10)3/h5,9,14H,4,6-7H2,1-3H3. The minimum Gasteiger partial charge on any atom is -0.298 e. The van der Waals surface area contributed by atoms with Crippen molar-refractivity contribution in [2.45, 2.75) is 39.0 Å². The van der Waals surface area contributed by atoms with Crippen molar-refractivity contribution < 1.29 is 14.4 Å². The number of carbonyl (C=O) groups is 3. The molecule has 0 atom stereocenters. The molecular formula is C14H18N2O3. The Bertz CT molecular complexity index is 527. The number of nitrogens with zero attached hydrogens (tertiary/aromatic N) is 2. The molecule has 1 aliphatic rings. The first-order valence-corrected chi connectivity index (χ1v) is 6.52. The molecule has 1 aromatic rings. The van der Waals surface area contributed by atoms with E-state index < -0.39 is 5.92 Å². The van der Waals surface area contributed by atoms with Crippen LogP contribution in [-0.4, -0.2) is 27.1 Å². The van der Waals surface area contributed by atoms with E-state index in [2.05, 4.69) is 5.10 Å². The second-order valence-corrected chi connectivity index (χ2v) is 5.12. The highest BCUT2D eigenvalue weighted by Gasteiger charge is 2.40. The lowest BCUT2D eigenvalue weighted by molar-refractivity contribution is -0.142. The van der Waals surface area contributed by atoms with Gasteiger partial charge in [0.2, 0.25) is 0 Å². The summed E-state index contributed by atoms with van der Waals surface area (Å²) < 4.78 is 1.71. The molecule has 0 aromatic carbocycles. The van der Waals surface area contributed by atoms with E-state index in [1.165, 1.54) is 0 Å². The molecule has 19 heavy (non-hydrogen) atoms. The lowest BCUT2D eigenvalue weighted by Gasteiger charge is -2.25. The van der Waals surface area contributed by atoms with Crippen LogP contribution < -0.4 is 0 Å². The fourth-order valence-corrected chi connectivity index (χ4v) is 2.76. The van der Waals surface area contributed by atoms with Crippen molar-refractivity contribution in [1.82, 2.24) is 9.78 Å². The molecule has 0 unspecified atom stereocenters. The number of rotatable bonds is 3. The van der Waals surface area contributed by atoms with E-state index >= 15 is 0 Å². The second-order valence-electron chi connectivity index (χ2n) is 5.12. The lowest BCUT2D eigenvalue weighted by Crippen LogP contribution is -2.38. The summed E-state index contributed by atoms with van der Waals surface area (Å²) in [4.78, 5) is 35.7. The molecule has 1 aromatic heterocycles. The second kappa shape index (κ2) is 5.07. The molecule has 0 amide bonds. The number of hydrogen-bond donors (Lipinski definition) is 0. The molecule has 0 bridgehead atoms. The Balaban J connectivity index is 2.22. The molecule has 5 heteroatoms. The van der Waals surface area contributed by atoms with Crippen LogP contribution in [0, 0.1) is 12.8 Å². The first-order chi connectivity index (χ1) is 8.93. The van der Waals surface area contributed by atoms with E-state index in [1.807, 2.05) is 13.0 Å². The molecule has 0 saturated heterocycles. The van der Waals surface area contributed by atoms with Crippen LogP contribution in [0.15, 0.2) is 6.07 Å². The zero-order valence-corrected chi connectivity index (χ0v) is 11.5. The lowest BCUT2D eigenvalue weighted by atomic mass is 9.76. The van der Waals surface area contributed by atoms with E-state index in [0.29, 0.717) is 0 Å². The summed E-state index contributed by atoms with van der Waals surface area (Å²) in [6.45, 7) is 3.55. The average molecular weight is 262 g/mol. The first kappa shape index (κ1) is 13.6. The highest BCUT2D eigenvalue weighted by molar-refractivity contribution is 6.20. The molecule has 5 nitrogen and oxygen atoms in total. The highest BCUT2D eigenvalue weighted by atomic mass is 16.2. The molecule has 1 saturated carbocycles. The quantitative estimate of drug-likeness (QED) is 0.771. The Kier molecular flexibility index (Phi) is 3.64. The Hall–Kier alpha value is -1.78. The van der Waals surface area contributed by atoms with E-state index in [4.69, 9.17) is 0 Å². The molecule has 0 radical (unpaired) electrons. The van der Waals surface area contributed by atoms with Gasteiger partial charge in [-0.25, -0.2) is 0 Å². The number of ketones is 3. The largest absolute Gasteiger partial charge is 0.298 e. The van der Waals surface area contributed by atoms with Gasteiger partial charge in [-0.1, -0.05) is 6.92 Å². The molecule has 0 N–H and O–H groups in total. The first-order valence-electron chi connectivity index (χ1n) is 6.52. The Morgan fingerprint density at radius 3 is 2.37 bits per heavy atom. The van der Waals surface area contributed by atoms with Crippen molar-refractivity contribution >= 4 is 17.3 Å². The van der Waals surface area contributed by atoms with Crippen LogP contribution in [-0.2, 0) is 21.4 Å². The number of aryl methyl sites for hydroxylation is 2. The molecule has 1 fully saturated rings. The van der Waals surface area contributed by atoms with Crippen molar-refractivity contribution in [3.63, 3.8) is 0 Å². The van der Waals surface area contributed by atoms with Gasteiger partial charge in [-0.05, 0) is 13.0 Å². The molecule has 2 rings (SSSR count). The maximum Gasteiger partial charge on any atom is 0.151 e. The van der Waals surface area contributed by atoms with Crippen LogP contribution in [0.1, 0.15) is 43.5 Å². The van der Waals surface area contributed by atoms with Crippen molar-refractivity contribution in [2.24, 2.45) is 13.0 Å². The molecular weight excluding hydrogens is 244 g/mol. The van der Waals surface area contributed by atoms with Crippen LogP contribution in [0.4, 0.5) is 0 Å². The van der Waals surface area contributed by atoms with Gasteiger partial charge in [0.25, 0.3) is 0 Å². The zero-order chi connectivity index (χ0) is 14.2. The van der Waals surface area contributed by atoms with E-state index in [0.717, 1.165) is 11.4 Å². The van der Waals surface area contributed by atoms with E-state index in [1.54, 1.807) is 18.7 Å². The summed E-state index contributed by atoms with van der Waals surface area (Å²) in [6, 6.07) is 1.90. The third-order valence-corrected chi connectivity index (χ3v) is 3.67. The van der Waals surface area contributed by atoms with Crippen LogP contribution in [0.5, 0.6) is 0 Å². The summed E-state index contributed by atoms with van der Waals surface area (Å²) in [5, 5.41) is 4.23. The average Bonchev–Trinajstić information content (AvgIpc) is 2.67. The Labute approximate surface area is 112 Å². The Morgan fingerprint density at radius 2 is 1.95 bits per heavy atom. The molecule has 0 aliphatic heterocycles. The van der Waals surface area contributed by atoms with E-state index in [-0.39, 0.29) is 42.5 Å². The molecule has 0 spiro atoms. The van der Waals surface area contributed by atoms with Gasteiger partial charge in [0.1, 0.15) is 5.92 Å². The van der Waals surface area contributed by atoms with Gasteiger partial charge >= 0.3 is 0 Å². The monoisotopic (exact) mass is 262 g/mol. The number of Topliss-reactive ketones (excluding diaryl/α,β-unsaturated/α-hetero) is 3. The fourth-order valence-electron chi connectivity index (χ4n) is 2.76. The summed E-state index contributed by atoms with van der Waals surface area (Å²) >= 11 is 0. The van der Waals surface area contributed by atoms with Crippen LogP contribution in [0.2, 0.25) is 0 Å². The SMILES string of the molecule is CCC(=O)C1C(=O)CC(c2cc(C)nn2C)CC1=O. The van der Waals surface area contributed by atoms with Gasteiger partial charge in [-0.15, -0.1) is 0 Å². The van der Waals surface area contributed by atoms with Gasteiger partial charge in [-0.2, -0.15) is 5.10 Å².